The first-order valence-corrected chi connectivity index (χ1v) is 7.94. The van der Waals surface area contributed by atoms with Crippen molar-refractivity contribution in [2.45, 2.75) is 20.4 Å². The maximum Gasteiger partial charge on any atom is 0.331 e. The second kappa shape index (κ2) is 6.39. The average Bonchev–Trinajstić information content (AvgIpc) is 2.60. The van der Waals surface area contributed by atoms with Gasteiger partial charge in [-0.1, -0.05) is 24.3 Å². The maximum atomic E-state index is 12.5. The SMILES string of the molecule is Cc1ccc(C)c(NC(=O)Cn2c(=O)n(C)c(=O)c3ccccc32)c1. The molecule has 6 heteroatoms. The molecule has 128 valence electrons. The first kappa shape index (κ1) is 16.7. The molecule has 6 nitrogen and oxygen atoms in total. The first-order valence-electron chi connectivity index (χ1n) is 7.94. The number of benzene rings is 2. The van der Waals surface area contributed by atoms with E-state index >= 15 is 0 Å². The Balaban J connectivity index is 2.01. The summed E-state index contributed by atoms with van der Waals surface area (Å²) in [5, 5.41) is 3.25. The van der Waals surface area contributed by atoms with Gasteiger partial charge >= 0.3 is 5.69 Å². The van der Waals surface area contributed by atoms with Gasteiger partial charge in [0.05, 0.1) is 10.9 Å². The topological polar surface area (TPSA) is 73.1 Å². The molecule has 0 fully saturated rings. The third-order valence-corrected chi connectivity index (χ3v) is 4.22. The highest BCUT2D eigenvalue weighted by Gasteiger charge is 2.13. The van der Waals surface area contributed by atoms with Crippen LogP contribution in [-0.4, -0.2) is 15.0 Å². The van der Waals surface area contributed by atoms with Gasteiger partial charge in [0.25, 0.3) is 5.56 Å². The van der Waals surface area contributed by atoms with Crippen molar-refractivity contribution in [3.05, 3.63) is 74.4 Å². The van der Waals surface area contributed by atoms with E-state index in [1.807, 2.05) is 32.0 Å². The molecular weight excluding hydrogens is 318 g/mol. The van der Waals surface area contributed by atoms with Gasteiger partial charge in [0.2, 0.25) is 5.91 Å². The summed E-state index contributed by atoms with van der Waals surface area (Å²) in [6.07, 6.45) is 0. The van der Waals surface area contributed by atoms with Crippen LogP contribution in [0.3, 0.4) is 0 Å². The van der Waals surface area contributed by atoms with Crippen molar-refractivity contribution in [3.8, 4) is 0 Å². The monoisotopic (exact) mass is 337 g/mol. The summed E-state index contributed by atoms with van der Waals surface area (Å²) in [5.41, 5.74) is 2.26. The second-order valence-electron chi connectivity index (χ2n) is 6.12. The van der Waals surface area contributed by atoms with Crippen LogP contribution in [0.5, 0.6) is 0 Å². The summed E-state index contributed by atoms with van der Waals surface area (Å²) >= 11 is 0. The highest BCUT2D eigenvalue weighted by molar-refractivity contribution is 5.92. The van der Waals surface area contributed by atoms with Crippen LogP contribution in [-0.2, 0) is 18.4 Å². The zero-order valence-corrected chi connectivity index (χ0v) is 14.4. The van der Waals surface area contributed by atoms with Crippen molar-refractivity contribution in [2.24, 2.45) is 7.05 Å². The average molecular weight is 337 g/mol. The number of fused-ring (bicyclic) bond motifs is 1. The molecular formula is C19H19N3O3. The van der Waals surface area contributed by atoms with Gasteiger partial charge in [-0.3, -0.25) is 18.7 Å². The number of rotatable bonds is 3. The van der Waals surface area contributed by atoms with Gasteiger partial charge in [-0.2, -0.15) is 0 Å². The van der Waals surface area contributed by atoms with Crippen LogP contribution in [0.15, 0.2) is 52.1 Å². The number of carbonyl (C=O) groups excluding carboxylic acids is 1. The Morgan fingerprint density at radius 2 is 1.80 bits per heavy atom. The summed E-state index contributed by atoms with van der Waals surface area (Å²) in [6.45, 7) is 3.68. The lowest BCUT2D eigenvalue weighted by atomic mass is 10.1. The lowest BCUT2D eigenvalue weighted by Crippen LogP contribution is -2.40. The Hall–Kier alpha value is -3.15. The Bertz CT molecular complexity index is 1090. The van der Waals surface area contributed by atoms with Crippen LogP contribution < -0.4 is 16.6 Å². The molecule has 1 aromatic heterocycles. The molecule has 1 N–H and O–H groups in total. The molecule has 0 bridgehead atoms. The van der Waals surface area contributed by atoms with Gasteiger partial charge in [-0.25, -0.2) is 4.79 Å². The normalized spacial score (nSPS) is 10.8. The third kappa shape index (κ3) is 3.10. The van der Waals surface area contributed by atoms with Gasteiger partial charge < -0.3 is 5.32 Å². The van der Waals surface area contributed by atoms with Crippen molar-refractivity contribution in [2.75, 3.05) is 5.32 Å². The van der Waals surface area contributed by atoms with Gasteiger partial charge in [0, 0.05) is 12.7 Å². The van der Waals surface area contributed by atoms with E-state index in [1.54, 1.807) is 24.3 Å². The van der Waals surface area contributed by atoms with E-state index in [4.69, 9.17) is 0 Å². The number of hydrogen-bond donors (Lipinski definition) is 1. The number of anilines is 1. The smallest absolute Gasteiger partial charge is 0.324 e. The summed E-state index contributed by atoms with van der Waals surface area (Å²) in [4.78, 5) is 37.1. The van der Waals surface area contributed by atoms with Crippen LogP contribution in [0.1, 0.15) is 11.1 Å². The lowest BCUT2D eigenvalue weighted by molar-refractivity contribution is -0.116. The molecule has 0 aliphatic heterocycles. The molecule has 0 radical (unpaired) electrons. The number of amides is 1. The largest absolute Gasteiger partial charge is 0.331 e. The van der Waals surface area contributed by atoms with E-state index in [9.17, 15) is 14.4 Å². The Morgan fingerprint density at radius 1 is 1.08 bits per heavy atom. The van der Waals surface area contributed by atoms with Crippen LogP contribution >= 0.6 is 0 Å². The lowest BCUT2D eigenvalue weighted by Gasteiger charge is -2.13. The number of hydrogen-bond acceptors (Lipinski definition) is 3. The fourth-order valence-corrected chi connectivity index (χ4v) is 2.80. The molecule has 2 aromatic carbocycles. The summed E-state index contributed by atoms with van der Waals surface area (Å²) in [6, 6.07) is 12.6. The van der Waals surface area contributed by atoms with Gasteiger partial charge in [0.15, 0.2) is 0 Å². The van der Waals surface area contributed by atoms with Gasteiger partial charge in [-0.05, 0) is 43.2 Å². The van der Waals surface area contributed by atoms with Crippen molar-refractivity contribution in [1.82, 2.24) is 9.13 Å². The van der Waals surface area contributed by atoms with Crippen molar-refractivity contribution in [3.63, 3.8) is 0 Å². The molecule has 0 aliphatic carbocycles. The molecule has 1 heterocycles. The molecule has 0 atom stereocenters. The Kier molecular flexibility index (Phi) is 4.27. The summed E-state index contributed by atoms with van der Waals surface area (Å²) < 4.78 is 2.34. The molecule has 1 amide bonds. The predicted molar refractivity (Wildman–Crippen MR) is 98.0 cm³/mol. The van der Waals surface area contributed by atoms with Crippen molar-refractivity contribution >= 4 is 22.5 Å². The Labute approximate surface area is 144 Å². The van der Waals surface area contributed by atoms with Crippen LogP contribution in [0, 0.1) is 13.8 Å². The minimum atomic E-state index is -0.514. The molecule has 25 heavy (non-hydrogen) atoms. The van der Waals surface area contributed by atoms with E-state index < -0.39 is 5.69 Å². The highest BCUT2D eigenvalue weighted by Crippen LogP contribution is 2.16. The third-order valence-electron chi connectivity index (χ3n) is 4.22. The summed E-state index contributed by atoms with van der Waals surface area (Å²) in [5.74, 6) is -0.320. The molecule has 0 spiro atoms. The van der Waals surface area contributed by atoms with E-state index in [0.717, 1.165) is 15.7 Å². The van der Waals surface area contributed by atoms with Crippen LogP contribution in [0.25, 0.3) is 10.9 Å². The van der Waals surface area contributed by atoms with Crippen molar-refractivity contribution in [1.29, 1.82) is 0 Å². The van der Waals surface area contributed by atoms with Crippen LogP contribution in [0.2, 0.25) is 0 Å². The second-order valence-corrected chi connectivity index (χ2v) is 6.12. The number of nitrogens with zero attached hydrogens (tertiary/aromatic N) is 2. The van der Waals surface area contributed by atoms with Gasteiger partial charge in [-0.15, -0.1) is 0 Å². The zero-order chi connectivity index (χ0) is 18.1. The predicted octanol–water partition coefficient (Wildman–Crippen LogP) is 1.96. The molecule has 0 aliphatic rings. The number of carbonyl (C=O) groups is 1. The number of para-hydroxylation sites is 1. The number of aromatic nitrogens is 2. The maximum absolute atomic E-state index is 12.5. The fourth-order valence-electron chi connectivity index (χ4n) is 2.80. The molecule has 0 saturated heterocycles. The minimum absolute atomic E-state index is 0.166. The number of aryl methyl sites for hydroxylation is 2. The molecule has 0 saturated carbocycles. The fraction of sp³-hybridized carbons (Fsp3) is 0.211. The highest BCUT2D eigenvalue weighted by atomic mass is 16.2. The summed E-state index contributed by atoms with van der Waals surface area (Å²) in [7, 11) is 1.41. The first-order chi connectivity index (χ1) is 11.9. The van der Waals surface area contributed by atoms with E-state index in [-0.39, 0.29) is 18.0 Å². The number of nitrogens with one attached hydrogen (secondary N) is 1. The molecule has 3 rings (SSSR count). The van der Waals surface area contributed by atoms with Crippen molar-refractivity contribution < 1.29 is 4.79 Å². The minimum Gasteiger partial charge on any atom is -0.324 e. The van der Waals surface area contributed by atoms with E-state index in [0.29, 0.717) is 16.6 Å². The zero-order valence-electron chi connectivity index (χ0n) is 14.4. The van der Waals surface area contributed by atoms with Crippen LogP contribution in [0.4, 0.5) is 5.69 Å². The van der Waals surface area contributed by atoms with E-state index in [2.05, 4.69) is 5.32 Å². The quantitative estimate of drug-likeness (QED) is 0.794. The van der Waals surface area contributed by atoms with E-state index in [1.165, 1.54) is 11.6 Å². The Morgan fingerprint density at radius 3 is 2.56 bits per heavy atom. The van der Waals surface area contributed by atoms with Gasteiger partial charge in [0.1, 0.15) is 6.54 Å². The standard InChI is InChI=1S/C19H19N3O3/c1-12-8-9-13(2)15(10-12)20-17(23)11-22-16-7-5-4-6-14(16)18(24)21(3)19(22)25/h4-10H,11H2,1-3H3,(H,20,23). The molecule has 3 aromatic rings. The molecule has 0 unspecified atom stereocenters.